The number of piperidine rings is 1. The molecule has 3 rings (SSSR count). The first-order valence-electron chi connectivity index (χ1n) is 7.11. The van der Waals surface area contributed by atoms with Crippen molar-refractivity contribution in [2.45, 2.75) is 46.1 Å². The van der Waals surface area contributed by atoms with Crippen LogP contribution in [0.2, 0.25) is 0 Å². The minimum atomic E-state index is 0.586. The molecule has 0 radical (unpaired) electrons. The Labute approximate surface area is 113 Å². The Kier molecular flexibility index (Phi) is 3.12. The lowest BCUT2D eigenvalue weighted by Gasteiger charge is -2.39. The molecule has 5 nitrogen and oxygen atoms in total. The van der Waals surface area contributed by atoms with Gasteiger partial charge in [0.05, 0.1) is 0 Å². The Morgan fingerprint density at radius 1 is 1.32 bits per heavy atom. The number of aryl methyl sites for hydroxylation is 1. The van der Waals surface area contributed by atoms with E-state index in [1.165, 1.54) is 19.3 Å². The second-order valence-electron chi connectivity index (χ2n) is 5.73. The van der Waals surface area contributed by atoms with Gasteiger partial charge < -0.3 is 4.90 Å². The van der Waals surface area contributed by atoms with Crippen LogP contribution in [0.25, 0.3) is 5.78 Å². The highest BCUT2D eigenvalue weighted by molar-refractivity contribution is 5.48. The maximum Gasteiger partial charge on any atom is 0.254 e. The molecular weight excluding hydrogens is 238 g/mol. The minimum absolute atomic E-state index is 0.586. The summed E-state index contributed by atoms with van der Waals surface area (Å²) in [7, 11) is 0. The molecule has 1 saturated heterocycles. The van der Waals surface area contributed by atoms with Gasteiger partial charge in [-0.2, -0.15) is 14.6 Å². The van der Waals surface area contributed by atoms with Crippen LogP contribution >= 0.6 is 0 Å². The van der Waals surface area contributed by atoms with Gasteiger partial charge in [0.25, 0.3) is 5.78 Å². The van der Waals surface area contributed by atoms with E-state index in [0.29, 0.717) is 17.7 Å². The Morgan fingerprint density at radius 3 is 2.95 bits per heavy atom. The third kappa shape index (κ3) is 2.17. The highest BCUT2D eigenvalue weighted by Gasteiger charge is 2.27. The van der Waals surface area contributed by atoms with Crippen LogP contribution in [0.3, 0.4) is 0 Å². The second kappa shape index (κ2) is 4.79. The van der Waals surface area contributed by atoms with E-state index in [2.05, 4.69) is 39.9 Å². The van der Waals surface area contributed by atoms with E-state index >= 15 is 0 Å². The van der Waals surface area contributed by atoms with Crippen molar-refractivity contribution in [1.29, 1.82) is 0 Å². The van der Waals surface area contributed by atoms with Crippen molar-refractivity contribution in [3.63, 3.8) is 0 Å². The quantitative estimate of drug-likeness (QED) is 0.831. The molecule has 3 heterocycles. The summed E-state index contributed by atoms with van der Waals surface area (Å²) in [4.78, 5) is 11.1. The average molecular weight is 259 g/mol. The summed E-state index contributed by atoms with van der Waals surface area (Å²) in [5.74, 6) is 2.48. The summed E-state index contributed by atoms with van der Waals surface area (Å²) >= 11 is 0. The molecule has 0 saturated carbocycles. The van der Waals surface area contributed by atoms with Crippen LogP contribution in [0, 0.1) is 12.8 Å². The number of hydrogen-bond acceptors (Lipinski definition) is 4. The molecule has 1 unspecified atom stereocenters. The van der Waals surface area contributed by atoms with E-state index in [1.807, 2.05) is 11.4 Å². The molecule has 19 heavy (non-hydrogen) atoms. The molecular formula is C14H21N5. The monoisotopic (exact) mass is 259 g/mol. The third-order valence-electron chi connectivity index (χ3n) is 3.97. The van der Waals surface area contributed by atoms with Gasteiger partial charge in [-0.15, -0.1) is 0 Å². The summed E-state index contributed by atoms with van der Waals surface area (Å²) in [5, 5.41) is 4.33. The molecule has 2 aromatic heterocycles. The Hall–Kier alpha value is -1.65. The van der Waals surface area contributed by atoms with E-state index in [4.69, 9.17) is 0 Å². The fourth-order valence-corrected chi connectivity index (χ4v) is 3.05. The molecule has 0 aromatic carbocycles. The highest BCUT2D eigenvalue weighted by atomic mass is 15.4. The topological polar surface area (TPSA) is 46.3 Å². The number of fused-ring (bicyclic) bond motifs is 1. The van der Waals surface area contributed by atoms with Crippen molar-refractivity contribution in [3.8, 4) is 0 Å². The Morgan fingerprint density at radius 2 is 2.16 bits per heavy atom. The van der Waals surface area contributed by atoms with Crippen LogP contribution in [-0.2, 0) is 0 Å². The number of hydrogen-bond donors (Lipinski definition) is 0. The predicted molar refractivity (Wildman–Crippen MR) is 75.3 cm³/mol. The van der Waals surface area contributed by atoms with Gasteiger partial charge in [-0.1, -0.05) is 13.8 Å². The van der Waals surface area contributed by atoms with Crippen LogP contribution in [0.1, 0.15) is 38.8 Å². The van der Waals surface area contributed by atoms with Gasteiger partial charge in [-0.05, 0) is 32.1 Å². The van der Waals surface area contributed by atoms with Gasteiger partial charge in [0.15, 0.2) is 0 Å². The summed E-state index contributed by atoms with van der Waals surface area (Å²) in [6, 6.07) is 2.71. The van der Waals surface area contributed by atoms with Gasteiger partial charge >= 0.3 is 0 Å². The minimum Gasteiger partial charge on any atom is -0.353 e. The molecule has 0 N–H and O–H groups in total. The zero-order chi connectivity index (χ0) is 13.4. The molecule has 1 aliphatic rings. The number of nitrogens with zero attached hydrogens (tertiary/aromatic N) is 5. The number of aromatic nitrogens is 4. The van der Waals surface area contributed by atoms with Crippen molar-refractivity contribution in [2.75, 3.05) is 11.4 Å². The summed E-state index contributed by atoms with van der Waals surface area (Å²) in [6.07, 6.45) is 5.42. The molecule has 1 aliphatic heterocycles. The molecule has 2 aromatic rings. The number of anilines is 1. The second-order valence-corrected chi connectivity index (χ2v) is 5.73. The first-order chi connectivity index (χ1) is 9.16. The van der Waals surface area contributed by atoms with Crippen molar-refractivity contribution >= 4 is 11.6 Å². The molecule has 0 spiro atoms. The van der Waals surface area contributed by atoms with Gasteiger partial charge in [0.2, 0.25) is 0 Å². The van der Waals surface area contributed by atoms with E-state index < -0.39 is 0 Å². The summed E-state index contributed by atoms with van der Waals surface area (Å²) in [6.45, 7) is 7.72. The van der Waals surface area contributed by atoms with Crippen molar-refractivity contribution in [1.82, 2.24) is 19.6 Å². The molecule has 1 fully saturated rings. The van der Waals surface area contributed by atoms with E-state index in [0.717, 1.165) is 18.1 Å². The van der Waals surface area contributed by atoms with Gasteiger partial charge in [0, 0.05) is 24.3 Å². The fraction of sp³-hybridized carbons (Fsp3) is 0.643. The van der Waals surface area contributed by atoms with Crippen LogP contribution in [0.5, 0.6) is 0 Å². The van der Waals surface area contributed by atoms with Gasteiger partial charge in [0.1, 0.15) is 12.1 Å². The summed E-state index contributed by atoms with van der Waals surface area (Å²) < 4.78 is 1.87. The lowest BCUT2D eigenvalue weighted by molar-refractivity contribution is 0.371. The van der Waals surface area contributed by atoms with E-state index in [1.54, 1.807) is 6.33 Å². The summed E-state index contributed by atoms with van der Waals surface area (Å²) in [5.41, 5.74) is 1.00. The van der Waals surface area contributed by atoms with Crippen molar-refractivity contribution in [2.24, 2.45) is 5.92 Å². The number of rotatable bonds is 2. The Bertz CT molecular complexity index is 574. The Balaban J connectivity index is 2.08. The lowest BCUT2D eigenvalue weighted by Crippen LogP contribution is -2.43. The molecule has 0 aliphatic carbocycles. The SMILES string of the molecule is Cc1cc(N2CCCCC2C(C)C)n2ncnc2n1. The molecule has 0 bridgehead atoms. The molecule has 1 atom stereocenters. The van der Waals surface area contributed by atoms with Crippen LogP contribution in [0.4, 0.5) is 5.82 Å². The zero-order valence-corrected chi connectivity index (χ0v) is 11.9. The maximum atomic E-state index is 4.42. The largest absolute Gasteiger partial charge is 0.353 e. The molecule has 0 amide bonds. The zero-order valence-electron chi connectivity index (χ0n) is 11.9. The molecule has 102 valence electrons. The van der Waals surface area contributed by atoms with Crippen LogP contribution in [0.15, 0.2) is 12.4 Å². The van der Waals surface area contributed by atoms with Gasteiger partial charge in [-0.3, -0.25) is 0 Å². The first-order valence-corrected chi connectivity index (χ1v) is 7.11. The molecule has 5 heteroatoms. The standard InChI is InChI=1S/C14H21N5/c1-10(2)12-6-4-5-7-18(12)13-8-11(3)17-14-15-9-16-19(13)14/h8-10,12H,4-7H2,1-3H3. The van der Waals surface area contributed by atoms with Crippen molar-refractivity contribution < 1.29 is 0 Å². The lowest BCUT2D eigenvalue weighted by atomic mass is 9.93. The highest BCUT2D eigenvalue weighted by Crippen LogP contribution is 2.28. The average Bonchev–Trinajstić information content (AvgIpc) is 2.85. The third-order valence-corrected chi connectivity index (χ3v) is 3.97. The van der Waals surface area contributed by atoms with E-state index in [-0.39, 0.29) is 0 Å². The fourth-order valence-electron chi connectivity index (χ4n) is 3.05. The van der Waals surface area contributed by atoms with Crippen LogP contribution in [-0.4, -0.2) is 32.2 Å². The van der Waals surface area contributed by atoms with Crippen LogP contribution < -0.4 is 4.90 Å². The first kappa shape index (κ1) is 12.4. The normalized spacial score (nSPS) is 20.4. The van der Waals surface area contributed by atoms with Crippen molar-refractivity contribution in [3.05, 3.63) is 18.1 Å². The predicted octanol–water partition coefficient (Wildman–Crippen LogP) is 2.45. The smallest absolute Gasteiger partial charge is 0.254 e. The maximum absolute atomic E-state index is 4.42. The van der Waals surface area contributed by atoms with E-state index in [9.17, 15) is 0 Å². The van der Waals surface area contributed by atoms with Gasteiger partial charge in [-0.25, -0.2) is 4.98 Å².